The molecule has 102 valence electrons. The third-order valence-electron chi connectivity index (χ3n) is 2.90. The Morgan fingerprint density at radius 3 is 2.75 bits per heavy atom. The number of nitrogens with one attached hydrogen (secondary N) is 1. The zero-order valence-electron chi connectivity index (χ0n) is 10.8. The molecule has 6 heteroatoms. The second-order valence-electron chi connectivity index (χ2n) is 4.30. The highest BCUT2D eigenvalue weighted by Gasteiger charge is 2.13. The summed E-state index contributed by atoms with van der Waals surface area (Å²) in [5.74, 6) is -0.297. The van der Waals surface area contributed by atoms with Gasteiger partial charge in [-0.25, -0.2) is 13.8 Å². The van der Waals surface area contributed by atoms with Crippen LogP contribution in [-0.2, 0) is 0 Å². The van der Waals surface area contributed by atoms with Crippen molar-refractivity contribution in [3.63, 3.8) is 0 Å². The topological polar surface area (TPSA) is 42.7 Å². The van der Waals surface area contributed by atoms with Gasteiger partial charge < -0.3 is 5.32 Å². The smallest absolute Gasteiger partial charge is 0.208 e. The molecule has 3 rings (SSSR count). The van der Waals surface area contributed by atoms with Gasteiger partial charge in [0.15, 0.2) is 0 Å². The molecule has 3 aromatic rings. The van der Waals surface area contributed by atoms with Crippen LogP contribution >= 0.6 is 0 Å². The Balaban J connectivity index is 2.30. The number of nitrogens with zero attached hydrogens (tertiary/aromatic N) is 3. The Morgan fingerprint density at radius 2 is 2.00 bits per heavy atom. The van der Waals surface area contributed by atoms with E-state index in [0.717, 1.165) is 6.20 Å². The maximum absolute atomic E-state index is 13.5. The minimum atomic E-state index is -0.455. The summed E-state index contributed by atoms with van der Waals surface area (Å²) in [4.78, 5) is 8.21. The van der Waals surface area contributed by atoms with Gasteiger partial charge in [-0.1, -0.05) is 0 Å². The molecule has 2 aromatic heterocycles. The Kier molecular flexibility index (Phi) is 3.06. The number of benzene rings is 1. The Hall–Kier alpha value is -2.50. The highest BCUT2D eigenvalue weighted by Crippen LogP contribution is 2.25. The zero-order valence-corrected chi connectivity index (χ0v) is 10.8. The normalized spacial score (nSPS) is 10.9. The van der Waals surface area contributed by atoms with E-state index in [0.29, 0.717) is 29.2 Å². The predicted octanol–water partition coefficient (Wildman–Crippen LogP) is 3.13. The van der Waals surface area contributed by atoms with E-state index in [1.54, 1.807) is 10.6 Å². The van der Waals surface area contributed by atoms with E-state index in [-0.39, 0.29) is 5.82 Å². The third-order valence-corrected chi connectivity index (χ3v) is 2.90. The number of imidazole rings is 1. The number of aromatic nitrogens is 3. The first-order valence-corrected chi connectivity index (χ1v) is 6.22. The van der Waals surface area contributed by atoms with Crippen molar-refractivity contribution in [3.05, 3.63) is 48.3 Å². The van der Waals surface area contributed by atoms with Gasteiger partial charge >= 0.3 is 0 Å². The molecule has 2 heterocycles. The van der Waals surface area contributed by atoms with E-state index >= 15 is 0 Å². The van der Waals surface area contributed by atoms with Crippen molar-refractivity contribution >= 4 is 17.0 Å². The van der Waals surface area contributed by atoms with E-state index in [9.17, 15) is 8.78 Å². The fourth-order valence-electron chi connectivity index (χ4n) is 2.11. The number of pyridine rings is 1. The quantitative estimate of drug-likeness (QED) is 0.798. The second kappa shape index (κ2) is 4.88. The van der Waals surface area contributed by atoms with Crippen LogP contribution in [0.15, 0.2) is 36.7 Å². The summed E-state index contributed by atoms with van der Waals surface area (Å²) in [7, 11) is 0. The molecule has 0 saturated carbocycles. The largest absolute Gasteiger partial charge is 0.356 e. The Bertz CT molecular complexity index is 767. The minimum Gasteiger partial charge on any atom is -0.356 e. The molecule has 20 heavy (non-hydrogen) atoms. The Morgan fingerprint density at radius 1 is 1.15 bits per heavy atom. The maximum Gasteiger partial charge on any atom is 0.208 e. The molecule has 0 bridgehead atoms. The van der Waals surface area contributed by atoms with E-state index in [2.05, 4.69) is 15.3 Å². The summed E-state index contributed by atoms with van der Waals surface area (Å²) in [6, 6.07) is 5.64. The van der Waals surface area contributed by atoms with Crippen molar-refractivity contribution in [2.75, 3.05) is 11.9 Å². The second-order valence-corrected chi connectivity index (χ2v) is 4.30. The average molecular weight is 274 g/mol. The number of fused-ring (bicyclic) bond motifs is 1. The van der Waals surface area contributed by atoms with Crippen molar-refractivity contribution in [3.8, 4) is 5.69 Å². The lowest BCUT2D eigenvalue weighted by molar-refractivity contribution is 0.620. The van der Waals surface area contributed by atoms with Gasteiger partial charge in [0.05, 0.1) is 29.1 Å². The molecule has 1 N–H and O–H groups in total. The predicted molar refractivity (Wildman–Crippen MR) is 72.9 cm³/mol. The van der Waals surface area contributed by atoms with E-state index < -0.39 is 5.82 Å². The van der Waals surface area contributed by atoms with Crippen LogP contribution in [0, 0.1) is 11.6 Å². The number of hydrogen-bond acceptors (Lipinski definition) is 3. The minimum absolute atomic E-state index is 0.369. The van der Waals surface area contributed by atoms with E-state index in [1.807, 2.05) is 6.92 Å². The summed E-state index contributed by atoms with van der Waals surface area (Å²) >= 11 is 0. The van der Waals surface area contributed by atoms with Gasteiger partial charge in [-0.05, 0) is 19.1 Å². The standard InChI is InChI=1S/C14H12F2N4/c1-2-18-14-19-12-4-3-9(15)6-13(12)20(14)11-5-10(16)7-17-8-11/h3-8H,2H2,1H3,(H,18,19). The summed E-state index contributed by atoms with van der Waals surface area (Å²) in [6.07, 6.45) is 2.63. The SMILES string of the molecule is CCNc1nc2ccc(F)cc2n1-c1cncc(F)c1. The third kappa shape index (κ3) is 2.09. The van der Waals surface area contributed by atoms with Crippen LogP contribution in [0.4, 0.5) is 14.7 Å². The van der Waals surface area contributed by atoms with Crippen LogP contribution in [0.5, 0.6) is 0 Å². The van der Waals surface area contributed by atoms with Gasteiger partial charge in [-0.3, -0.25) is 9.55 Å². The van der Waals surface area contributed by atoms with Crippen molar-refractivity contribution in [2.45, 2.75) is 6.92 Å². The number of rotatable bonds is 3. The fourth-order valence-corrected chi connectivity index (χ4v) is 2.11. The van der Waals surface area contributed by atoms with Crippen LogP contribution in [0.3, 0.4) is 0 Å². The fraction of sp³-hybridized carbons (Fsp3) is 0.143. The first-order valence-electron chi connectivity index (χ1n) is 6.22. The highest BCUT2D eigenvalue weighted by molar-refractivity contribution is 5.81. The number of halogens is 2. The molecule has 0 aliphatic carbocycles. The van der Waals surface area contributed by atoms with Crippen molar-refractivity contribution < 1.29 is 8.78 Å². The highest BCUT2D eigenvalue weighted by atomic mass is 19.1. The molecule has 0 fully saturated rings. The van der Waals surface area contributed by atoms with Crippen LogP contribution in [0.1, 0.15) is 6.92 Å². The molecule has 0 spiro atoms. The Labute approximate surface area is 114 Å². The molecular formula is C14H12F2N4. The lowest BCUT2D eigenvalue weighted by atomic mass is 10.3. The van der Waals surface area contributed by atoms with Crippen LogP contribution in [0.2, 0.25) is 0 Å². The average Bonchev–Trinajstić information content (AvgIpc) is 2.76. The zero-order chi connectivity index (χ0) is 14.1. The summed E-state index contributed by atoms with van der Waals surface area (Å²) in [5, 5.41) is 3.08. The van der Waals surface area contributed by atoms with Gasteiger partial charge in [0.1, 0.15) is 11.6 Å². The molecule has 0 amide bonds. The first kappa shape index (κ1) is 12.5. The lowest BCUT2D eigenvalue weighted by Gasteiger charge is -2.09. The number of hydrogen-bond donors (Lipinski definition) is 1. The molecule has 4 nitrogen and oxygen atoms in total. The monoisotopic (exact) mass is 274 g/mol. The van der Waals surface area contributed by atoms with Crippen molar-refractivity contribution in [1.29, 1.82) is 0 Å². The summed E-state index contributed by atoms with van der Waals surface area (Å²) in [5.41, 5.74) is 1.69. The number of anilines is 1. The molecule has 0 aliphatic heterocycles. The van der Waals surface area contributed by atoms with Gasteiger partial charge in [-0.15, -0.1) is 0 Å². The van der Waals surface area contributed by atoms with Gasteiger partial charge in [0, 0.05) is 18.7 Å². The van der Waals surface area contributed by atoms with Crippen LogP contribution < -0.4 is 5.32 Å². The van der Waals surface area contributed by atoms with E-state index in [1.165, 1.54) is 24.4 Å². The lowest BCUT2D eigenvalue weighted by Crippen LogP contribution is -2.06. The van der Waals surface area contributed by atoms with Gasteiger partial charge in [0.25, 0.3) is 0 Å². The van der Waals surface area contributed by atoms with Gasteiger partial charge in [-0.2, -0.15) is 0 Å². The molecule has 0 atom stereocenters. The molecular weight excluding hydrogens is 262 g/mol. The van der Waals surface area contributed by atoms with Crippen molar-refractivity contribution in [1.82, 2.24) is 14.5 Å². The first-order chi connectivity index (χ1) is 9.69. The molecule has 0 radical (unpaired) electrons. The molecule has 0 saturated heterocycles. The summed E-state index contributed by atoms with van der Waals surface area (Å²) < 4.78 is 28.5. The summed E-state index contributed by atoms with van der Waals surface area (Å²) in [6.45, 7) is 2.57. The molecule has 0 aliphatic rings. The van der Waals surface area contributed by atoms with Crippen LogP contribution in [-0.4, -0.2) is 21.1 Å². The van der Waals surface area contributed by atoms with Crippen molar-refractivity contribution in [2.24, 2.45) is 0 Å². The molecule has 0 unspecified atom stereocenters. The maximum atomic E-state index is 13.5. The van der Waals surface area contributed by atoms with Gasteiger partial charge in [0.2, 0.25) is 5.95 Å². The molecule has 1 aromatic carbocycles. The van der Waals surface area contributed by atoms with E-state index in [4.69, 9.17) is 0 Å². The van der Waals surface area contributed by atoms with Crippen LogP contribution in [0.25, 0.3) is 16.7 Å².